The van der Waals surface area contributed by atoms with Crippen molar-refractivity contribution in [2.24, 2.45) is 0 Å². The summed E-state index contributed by atoms with van der Waals surface area (Å²) in [5.41, 5.74) is 2.92. The van der Waals surface area contributed by atoms with Gasteiger partial charge in [0, 0.05) is 44.6 Å². The average Bonchev–Trinajstić information content (AvgIpc) is 3.14. The summed E-state index contributed by atoms with van der Waals surface area (Å²) in [6.07, 6.45) is 5.01. The molecule has 7 nitrogen and oxygen atoms in total. The van der Waals surface area contributed by atoms with Crippen molar-refractivity contribution in [1.82, 2.24) is 14.3 Å². The third-order valence-corrected chi connectivity index (χ3v) is 7.60. The van der Waals surface area contributed by atoms with E-state index in [4.69, 9.17) is 17.2 Å². The van der Waals surface area contributed by atoms with Crippen LogP contribution in [-0.4, -0.2) is 57.2 Å². The van der Waals surface area contributed by atoms with Gasteiger partial charge < -0.3 is 9.80 Å². The number of carbonyl (C=O) groups excluding carboxylic acids is 1. The molecule has 35 heavy (non-hydrogen) atoms. The molecule has 9 heteroatoms. The number of nitrogens with zero attached hydrogens (tertiary/aromatic N) is 5. The Labute approximate surface area is 213 Å². The highest BCUT2D eigenvalue weighted by atomic mass is 32.2. The molecule has 0 spiro atoms. The Balaban J connectivity index is 1.56. The summed E-state index contributed by atoms with van der Waals surface area (Å²) in [6, 6.07) is 14.1. The third kappa shape index (κ3) is 4.37. The van der Waals surface area contributed by atoms with E-state index < -0.39 is 0 Å². The predicted molar refractivity (Wildman–Crippen MR) is 147 cm³/mol. The summed E-state index contributed by atoms with van der Waals surface area (Å²) in [6.45, 7) is 9.02. The number of piperazine rings is 1. The fourth-order valence-electron chi connectivity index (χ4n) is 4.40. The molecule has 4 heterocycles. The number of anilines is 2. The second-order valence-electron chi connectivity index (χ2n) is 8.43. The first-order chi connectivity index (χ1) is 17.0. The molecule has 1 aromatic carbocycles. The van der Waals surface area contributed by atoms with E-state index in [1.165, 1.54) is 22.3 Å². The number of benzene rings is 1. The molecule has 5 rings (SSSR count). The van der Waals surface area contributed by atoms with Gasteiger partial charge in [-0.15, -0.1) is 6.58 Å². The molecule has 0 bridgehead atoms. The second kappa shape index (κ2) is 9.67. The quantitative estimate of drug-likeness (QED) is 0.299. The zero-order valence-corrected chi connectivity index (χ0v) is 21.0. The molecule has 0 radical (unpaired) electrons. The summed E-state index contributed by atoms with van der Waals surface area (Å²) in [7, 11) is 0. The van der Waals surface area contributed by atoms with E-state index in [9.17, 15) is 9.59 Å². The molecular weight excluding hydrogens is 478 g/mol. The molecule has 1 amide bonds. The number of rotatable bonds is 5. The first-order valence-electron chi connectivity index (χ1n) is 11.4. The van der Waals surface area contributed by atoms with Crippen molar-refractivity contribution in [1.29, 1.82) is 0 Å². The third-order valence-electron chi connectivity index (χ3n) is 6.23. The van der Waals surface area contributed by atoms with Gasteiger partial charge in [-0.25, -0.2) is 4.98 Å². The van der Waals surface area contributed by atoms with Crippen molar-refractivity contribution in [2.45, 2.75) is 6.92 Å². The maximum absolute atomic E-state index is 13.7. The van der Waals surface area contributed by atoms with Crippen LogP contribution in [0.3, 0.4) is 0 Å². The Hall–Kier alpha value is -3.43. The summed E-state index contributed by atoms with van der Waals surface area (Å²) >= 11 is 6.59. The van der Waals surface area contributed by atoms with Gasteiger partial charge in [0.15, 0.2) is 0 Å². The fourth-order valence-corrected chi connectivity index (χ4v) is 5.66. The molecule has 2 fully saturated rings. The SMILES string of the molecule is C=CCN1C(=O)/C(=C/c2c(N3CCN(c4ccccc4)CC3)nc3c(C)cccn3c2=O)SC1=S. The number of hydrogen-bond donors (Lipinski definition) is 0. The largest absolute Gasteiger partial charge is 0.368 e. The van der Waals surface area contributed by atoms with Gasteiger partial charge in [-0.3, -0.25) is 18.9 Å². The second-order valence-corrected chi connectivity index (χ2v) is 10.1. The molecular formula is C26H25N5O2S2. The minimum atomic E-state index is -0.214. The molecule has 2 saturated heterocycles. The first kappa shape index (κ1) is 23.3. The van der Waals surface area contributed by atoms with Crippen LogP contribution in [0, 0.1) is 6.92 Å². The monoisotopic (exact) mass is 503 g/mol. The standard InChI is InChI=1S/C26H25N5O2S2/c1-3-11-31-25(33)21(35-26(31)34)17-20-23(27-22-18(2)8-7-12-30(22)24(20)32)29-15-13-28(14-16-29)19-9-5-4-6-10-19/h3-10,12,17H,1,11,13-16H2,2H3/b21-17-. The number of pyridine rings is 1. The molecule has 0 saturated carbocycles. The average molecular weight is 504 g/mol. The minimum absolute atomic E-state index is 0.201. The van der Waals surface area contributed by atoms with E-state index in [-0.39, 0.29) is 11.5 Å². The Morgan fingerprint density at radius 3 is 2.49 bits per heavy atom. The number of aromatic nitrogens is 2. The summed E-state index contributed by atoms with van der Waals surface area (Å²) < 4.78 is 2.01. The highest BCUT2D eigenvalue weighted by Crippen LogP contribution is 2.33. The van der Waals surface area contributed by atoms with Crippen LogP contribution < -0.4 is 15.4 Å². The smallest absolute Gasteiger partial charge is 0.267 e. The fraction of sp³-hybridized carbons (Fsp3) is 0.231. The Bertz CT molecular complexity index is 1410. The minimum Gasteiger partial charge on any atom is -0.368 e. The van der Waals surface area contributed by atoms with Crippen LogP contribution in [0.2, 0.25) is 0 Å². The highest BCUT2D eigenvalue weighted by Gasteiger charge is 2.32. The van der Waals surface area contributed by atoms with Gasteiger partial charge in [0.1, 0.15) is 15.8 Å². The number of fused-ring (bicyclic) bond motifs is 1. The maximum atomic E-state index is 13.7. The van der Waals surface area contributed by atoms with Crippen LogP contribution in [0.4, 0.5) is 11.5 Å². The topological polar surface area (TPSA) is 61.2 Å². The van der Waals surface area contributed by atoms with E-state index in [1.54, 1.807) is 22.7 Å². The van der Waals surface area contributed by atoms with Gasteiger partial charge in [0.2, 0.25) is 0 Å². The van der Waals surface area contributed by atoms with Crippen molar-refractivity contribution in [3.05, 3.63) is 87.7 Å². The van der Waals surface area contributed by atoms with Gasteiger partial charge in [0.05, 0.1) is 10.5 Å². The van der Waals surface area contributed by atoms with Gasteiger partial charge in [0.25, 0.3) is 11.5 Å². The molecule has 2 aromatic heterocycles. The van der Waals surface area contributed by atoms with Crippen LogP contribution in [0.25, 0.3) is 11.7 Å². The molecule has 0 atom stereocenters. The van der Waals surface area contributed by atoms with Gasteiger partial charge in [-0.05, 0) is 36.8 Å². The maximum Gasteiger partial charge on any atom is 0.267 e. The lowest BCUT2D eigenvalue weighted by Crippen LogP contribution is -2.47. The molecule has 0 unspecified atom stereocenters. The lowest BCUT2D eigenvalue weighted by atomic mass is 10.2. The first-order valence-corrected chi connectivity index (χ1v) is 12.6. The van der Waals surface area contributed by atoms with E-state index in [0.717, 1.165) is 18.7 Å². The van der Waals surface area contributed by atoms with Crippen LogP contribution in [0.15, 0.2) is 71.0 Å². The Kier molecular flexibility index (Phi) is 6.44. The van der Waals surface area contributed by atoms with Gasteiger partial charge >= 0.3 is 0 Å². The molecule has 3 aromatic rings. The Morgan fingerprint density at radius 1 is 1.06 bits per heavy atom. The number of aryl methyl sites for hydroxylation is 1. The van der Waals surface area contributed by atoms with Gasteiger partial charge in [-0.1, -0.05) is 54.3 Å². The van der Waals surface area contributed by atoms with Crippen LogP contribution in [0.1, 0.15) is 11.1 Å². The normalized spacial score (nSPS) is 17.6. The zero-order chi connectivity index (χ0) is 24.5. The summed E-state index contributed by atoms with van der Waals surface area (Å²) in [5.74, 6) is 0.388. The van der Waals surface area contributed by atoms with E-state index in [2.05, 4.69) is 28.5 Å². The molecule has 0 aliphatic carbocycles. The highest BCUT2D eigenvalue weighted by molar-refractivity contribution is 8.26. The van der Waals surface area contributed by atoms with Crippen LogP contribution >= 0.6 is 24.0 Å². The lowest BCUT2D eigenvalue weighted by molar-refractivity contribution is -0.121. The van der Waals surface area contributed by atoms with E-state index >= 15 is 0 Å². The van der Waals surface area contributed by atoms with Crippen molar-refractivity contribution in [2.75, 3.05) is 42.5 Å². The number of amides is 1. The number of carbonyl (C=O) groups is 1. The van der Waals surface area contributed by atoms with Gasteiger partial charge in [-0.2, -0.15) is 0 Å². The van der Waals surface area contributed by atoms with Crippen molar-refractivity contribution < 1.29 is 4.79 Å². The summed E-state index contributed by atoms with van der Waals surface area (Å²) in [5, 5.41) is 0. The molecule has 2 aliphatic rings. The van der Waals surface area contributed by atoms with Crippen LogP contribution in [-0.2, 0) is 4.79 Å². The number of hydrogen-bond acceptors (Lipinski definition) is 7. The summed E-state index contributed by atoms with van der Waals surface area (Å²) in [4.78, 5) is 38.0. The number of para-hydroxylation sites is 1. The zero-order valence-electron chi connectivity index (χ0n) is 19.4. The van der Waals surface area contributed by atoms with Crippen LogP contribution in [0.5, 0.6) is 0 Å². The molecule has 178 valence electrons. The molecule has 0 N–H and O–H groups in total. The van der Waals surface area contributed by atoms with Crippen molar-refractivity contribution >= 4 is 57.4 Å². The number of thiocarbonyl (C=S) groups is 1. The number of thioether (sulfide) groups is 1. The van der Waals surface area contributed by atoms with E-state index in [0.29, 0.717) is 45.9 Å². The van der Waals surface area contributed by atoms with Crippen molar-refractivity contribution in [3.63, 3.8) is 0 Å². The van der Waals surface area contributed by atoms with E-state index in [1.807, 2.05) is 37.3 Å². The molecule has 2 aliphatic heterocycles. The van der Waals surface area contributed by atoms with Crippen molar-refractivity contribution in [3.8, 4) is 0 Å². The predicted octanol–water partition coefficient (Wildman–Crippen LogP) is 3.72. The lowest BCUT2D eigenvalue weighted by Gasteiger charge is -2.37. The Morgan fingerprint density at radius 2 is 1.77 bits per heavy atom.